The Morgan fingerprint density at radius 1 is 1.39 bits per heavy atom. The molecule has 4 nitrogen and oxygen atoms in total. The second-order valence-corrected chi connectivity index (χ2v) is 5.70. The van der Waals surface area contributed by atoms with Crippen molar-refractivity contribution in [3.05, 3.63) is 29.7 Å². The van der Waals surface area contributed by atoms with Gasteiger partial charge in [0, 0.05) is 18.8 Å². The summed E-state index contributed by atoms with van der Waals surface area (Å²) in [4.78, 5) is 14.9. The molecular weight excluding hydrogens is 230 g/mol. The Balaban J connectivity index is 2.31. The van der Waals surface area contributed by atoms with E-state index in [0.717, 1.165) is 6.42 Å². The van der Waals surface area contributed by atoms with Crippen molar-refractivity contribution in [2.75, 3.05) is 0 Å². The summed E-state index contributed by atoms with van der Waals surface area (Å²) < 4.78 is 5.63. The van der Waals surface area contributed by atoms with Crippen LogP contribution in [-0.4, -0.2) is 11.0 Å². The van der Waals surface area contributed by atoms with Gasteiger partial charge in [-0.2, -0.15) is 0 Å². The number of fused-ring (bicyclic) bond motifs is 1. The number of hydrogen-bond acceptors (Lipinski definition) is 4. The number of carboxylic acids is 1. The molecule has 2 aromatic rings. The van der Waals surface area contributed by atoms with Crippen LogP contribution in [-0.2, 0) is 17.6 Å². The van der Waals surface area contributed by atoms with Crippen LogP contribution in [0.5, 0.6) is 0 Å². The molecule has 96 valence electrons. The number of hydrogen-bond donors (Lipinski definition) is 0. The number of aliphatic carboxylic acids is 1. The van der Waals surface area contributed by atoms with E-state index in [1.807, 2.05) is 0 Å². The number of carbonyl (C=O) groups is 1. The van der Waals surface area contributed by atoms with Gasteiger partial charge in [0.05, 0.1) is 0 Å². The Labute approximate surface area is 106 Å². The van der Waals surface area contributed by atoms with Crippen molar-refractivity contribution in [2.45, 2.75) is 33.6 Å². The average molecular weight is 246 g/mol. The van der Waals surface area contributed by atoms with Crippen LogP contribution in [0.3, 0.4) is 0 Å². The lowest BCUT2D eigenvalue weighted by Gasteiger charge is -2.14. The standard InChI is InChI=1S/C14H17NO3/c1-14(2,3)8-12-15-10-6-9(7-13(16)17)4-5-11(10)18-12/h4-6H,7-8H2,1-3H3,(H,16,17)/p-1. The minimum atomic E-state index is -1.09. The highest BCUT2D eigenvalue weighted by Crippen LogP contribution is 2.24. The molecule has 0 aliphatic carbocycles. The van der Waals surface area contributed by atoms with Crippen LogP contribution in [0.1, 0.15) is 32.2 Å². The maximum absolute atomic E-state index is 10.5. The lowest BCUT2D eigenvalue weighted by molar-refractivity contribution is -0.304. The van der Waals surface area contributed by atoms with Crippen LogP contribution < -0.4 is 5.11 Å². The monoisotopic (exact) mass is 246 g/mol. The number of rotatable bonds is 3. The van der Waals surface area contributed by atoms with Crippen molar-refractivity contribution in [1.29, 1.82) is 0 Å². The van der Waals surface area contributed by atoms with Gasteiger partial charge in [0.15, 0.2) is 11.5 Å². The Bertz CT molecular complexity index is 578. The minimum absolute atomic E-state index is 0.0998. The smallest absolute Gasteiger partial charge is 0.195 e. The lowest BCUT2D eigenvalue weighted by atomic mass is 9.92. The number of oxazole rings is 1. The van der Waals surface area contributed by atoms with Gasteiger partial charge in [-0.05, 0) is 23.1 Å². The predicted octanol–water partition coefficient (Wildman–Crippen LogP) is 1.71. The number of benzene rings is 1. The fourth-order valence-electron chi connectivity index (χ4n) is 1.83. The third-order valence-electron chi connectivity index (χ3n) is 2.53. The highest BCUT2D eigenvalue weighted by atomic mass is 16.4. The van der Waals surface area contributed by atoms with E-state index in [-0.39, 0.29) is 11.8 Å². The zero-order valence-corrected chi connectivity index (χ0v) is 10.8. The van der Waals surface area contributed by atoms with Crippen molar-refractivity contribution < 1.29 is 14.3 Å². The highest BCUT2D eigenvalue weighted by Gasteiger charge is 2.16. The second kappa shape index (κ2) is 4.44. The normalized spacial score (nSPS) is 11.9. The third-order valence-corrected chi connectivity index (χ3v) is 2.53. The van der Waals surface area contributed by atoms with E-state index < -0.39 is 5.97 Å². The second-order valence-electron chi connectivity index (χ2n) is 5.70. The first kappa shape index (κ1) is 12.6. The van der Waals surface area contributed by atoms with E-state index in [1.165, 1.54) is 0 Å². The Morgan fingerprint density at radius 3 is 2.72 bits per heavy atom. The van der Waals surface area contributed by atoms with E-state index in [2.05, 4.69) is 25.8 Å². The number of carboxylic acid groups (broad SMARTS) is 1. The molecule has 0 saturated carbocycles. The fraction of sp³-hybridized carbons (Fsp3) is 0.429. The molecule has 0 fully saturated rings. The van der Waals surface area contributed by atoms with Crippen LogP contribution in [0.15, 0.2) is 22.6 Å². The summed E-state index contributed by atoms with van der Waals surface area (Å²) in [5.74, 6) is -0.407. The quantitative estimate of drug-likeness (QED) is 0.826. The first-order valence-corrected chi connectivity index (χ1v) is 5.92. The Morgan fingerprint density at radius 2 is 2.11 bits per heavy atom. The average Bonchev–Trinajstić information content (AvgIpc) is 2.54. The van der Waals surface area contributed by atoms with Crippen LogP contribution >= 0.6 is 0 Å². The van der Waals surface area contributed by atoms with Gasteiger partial charge in [-0.15, -0.1) is 0 Å². The molecule has 0 N–H and O–H groups in total. The van der Waals surface area contributed by atoms with Crippen LogP contribution in [0.2, 0.25) is 0 Å². The molecule has 0 radical (unpaired) electrons. The predicted molar refractivity (Wildman–Crippen MR) is 65.9 cm³/mol. The molecule has 0 saturated heterocycles. The summed E-state index contributed by atoms with van der Waals surface area (Å²) in [5, 5.41) is 10.5. The number of carbonyl (C=O) groups excluding carboxylic acids is 1. The van der Waals surface area contributed by atoms with Crippen LogP contribution in [0.25, 0.3) is 11.1 Å². The molecule has 1 aromatic carbocycles. The minimum Gasteiger partial charge on any atom is -0.550 e. The molecule has 0 aliphatic heterocycles. The van der Waals surface area contributed by atoms with E-state index in [0.29, 0.717) is 22.6 Å². The van der Waals surface area contributed by atoms with Gasteiger partial charge < -0.3 is 14.3 Å². The molecule has 0 unspecified atom stereocenters. The summed E-state index contributed by atoms with van der Waals surface area (Å²) in [5.41, 5.74) is 2.18. The van der Waals surface area contributed by atoms with Crippen molar-refractivity contribution in [2.24, 2.45) is 5.41 Å². The van der Waals surface area contributed by atoms with E-state index in [4.69, 9.17) is 4.42 Å². The zero-order valence-electron chi connectivity index (χ0n) is 10.8. The lowest BCUT2D eigenvalue weighted by Crippen LogP contribution is -2.24. The molecule has 0 atom stereocenters. The van der Waals surface area contributed by atoms with Gasteiger partial charge in [-0.3, -0.25) is 0 Å². The molecule has 1 heterocycles. The summed E-state index contributed by atoms with van der Waals surface area (Å²) >= 11 is 0. The van der Waals surface area contributed by atoms with Gasteiger partial charge in [0.2, 0.25) is 0 Å². The summed E-state index contributed by atoms with van der Waals surface area (Å²) in [6.45, 7) is 6.34. The molecule has 0 amide bonds. The van der Waals surface area contributed by atoms with Crippen molar-refractivity contribution in [1.82, 2.24) is 4.98 Å². The molecular formula is C14H16NO3-. The molecule has 0 spiro atoms. The van der Waals surface area contributed by atoms with Gasteiger partial charge in [-0.25, -0.2) is 4.98 Å². The number of nitrogens with zero attached hydrogens (tertiary/aromatic N) is 1. The molecule has 1 aromatic heterocycles. The third kappa shape index (κ3) is 3.09. The molecule has 0 bridgehead atoms. The maximum atomic E-state index is 10.5. The van der Waals surface area contributed by atoms with Crippen molar-refractivity contribution in [3.8, 4) is 0 Å². The summed E-state index contributed by atoms with van der Waals surface area (Å²) in [7, 11) is 0. The molecule has 4 heteroatoms. The van der Waals surface area contributed by atoms with Gasteiger partial charge in [0.25, 0.3) is 0 Å². The van der Waals surface area contributed by atoms with E-state index in [1.54, 1.807) is 18.2 Å². The summed E-state index contributed by atoms with van der Waals surface area (Å²) in [6, 6.07) is 5.22. The first-order chi connectivity index (χ1) is 8.33. The topological polar surface area (TPSA) is 66.2 Å². The van der Waals surface area contributed by atoms with Crippen LogP contribution in [0.4, 0.5) is 0 Å². The zero-order chi connectivity index (χ0) is 13.3. The summed E-state index contributed by atoms with van der Waals surface area (Å²) in [6.07, 6.45) is 0.648. The van der Waals surface area contributed by atoms with Crippen molar-refractivity contribution >= 4 is 17.1 Å². The Kier molecular flexibility index (Phi) is 3.11. The SMILES string of the molecule is CC(C)(C)Cc1nc2cc(CC(=O)[O-])ccc2o1. The van der Waals surface area contributed by atoms with Gasteiger partial charge in [0.1, 0.15) is 5.52 Å². The number of aromatic nitrogens is 1. The first-order valence-electron chi connectivity index (χ1n) is 5.92. The highest BCUT2D eigenvalue weighted by molar-refractivity contribution is 5.76. The molecule has 2 rings (SSSR count). The van der Waals surface area contributed by atoms with E-state index >= 15 is 0 Å². The van der Waals surface area contributed by atoms with Crippen molar-refractivity contribution in [3.63, 3.8) is 0 Å². The fourth-order valence-corrected chi connectivity index (χ4v) is 1.83. The molecule has 18 heavy (non-hydrogen) atoms. The van der Waals surface area contributed by atoms with Gasteiger partial charge in [-0.1, -0.05) is 26.8 Å². The molecule has 0 aliphatic rings. The van der Waals surface area contributed by atoms with Crippen LogP contribution in [0, 0.1) is 5.41 Å². The maximum Gasteiger partial charge on any atom is 0.195 e. The Hall–Kier alpha value is -1.84. The largest absolute Gasteiger partial charge is 0.550 e. The van der Waals surface area contributed by atoms with E-state index in [9.17, 15) is 9.90 Å². The van der Waals surface area contributed by atoms with Gasteiger partial charge >= 0.3 is 0 Å².